The van der Waals surface area contributed by atoms with Gasteiger partial charge in [-0.3, -0.25) is 0 Å². The highest BCUT2D eigenvalue weighted by atomic mass is 16.3. The van der Waals surface area contributed by atoms with Gasteiger partial charge in [0.2, 0.25) is 0 Å². The summed E-state index contributed by atoms with van der Waals surface area (Å²) in [5, 5.41) is 9.40. The highest BCUT2D eigenvalue weighted by Crippen LogP contribution is 2.25. The molecule has 0 saturated carbocycles. The molecule has 14 heavy (non-hydrogen) atoms. The molecule has 0 aromatic heterocycles. The average Bonchev–Trinajstić information content (AvgIpc) is 2.09. The second-order valence-electron chi connectivity index (χ2n) is 3.85. The Balaban J connectivity index is 3.20. The molecule has 78 valence electrons. The maximum Gasteiger partial charge on any atom is 0.0705 e. The summed E-state index contributed by atoms with van der Waals surface area (Å²) < 4.78 is 0. The van der Waals surface area contributed by atoms with Crippen LogP contribution in [0.15, 0.2) is 12.1 Å². The highest BCUT2D eigenvalue weighted by Gasteiger charge is 2.16. The molecular formula is C11H18N2O. The molecule has 5 N–H and O–H groups in total. The molecule has 1 aromatic rings. The third kappa shape index (κ3) is 2.05. The molecule has 0 heterocycles. The number of benzene rings is 1. The van der Waals surface area contributed by atoms with E-state index in [1.165, 1.54) is 0 Å². The van der Waals surface area contributed by atoms with E-state index >= 15 is 0 Å². The number of aryl methyl sites for hydroxylation is 2. The van der Waals surface area contributed by atoms with Crippen molar-refractivity contribution in [3.8, 4) is 0 Å². The van der Waals surface area contributed by atoms with E-state index in [1.54, 1.807) is 6.92 Å². The molecule has 0 saturated heterocycles. The van der Waals surface area contributed by atoms with E-state index in [2.05, 4.69) is 0 Å². The Morgan fingerprint density at radius 2 is 1.86 bits per heavy atom. The van der Waals surface area contributed by atoms with Crippen LogP contribution in [0.3, 0.4) is 0 Å². The Kier molecular flexibility index (Phi) is 3.13. The van der Waals surface area contributed by atoms with Crippen molar-refractivity contribution in [3.63, 3.8) is 0 Å². The molecule has 1 aromatic carbocycles. The number of nitrogens with two attached hydrogens (primary N) is 2. The molecule has 1 rings (SSSR count). The Morgan fingerprint density at radius 1 is 1.29 bits per heavy atom. The lowest BCUT2D eigenvalue weighted by molar-refractivity contribution is 0.164. The third-order valence-corrected chi connectivity index (χ3v) is 2.44. The van der Waals surface area contributed by atoms with Crippen molar-refractivity contribution in [2.24, 2.45) is 5.73 Å². The fraction of sp³-hybridized carbons (Fsp3) is 0.455. The van der Waals surface area contributed by atoms with Crippen molar-refractivity contribution < 1.29 is 5.11 Å². The summed E-state index contributed by atoms with van der Waals surface area (Å²) in [6, 6.07) is 3.53. The molecule has 0 aliphatic rings. The first-order valence-corrected chi connectivity index (χ1v) is 4.73. The van der Waals surface area contributed by atoms with Crippen LogP contribution in [0.5, 0.6) is 0 Å². The van der Waals surface area contributed by atoms with E-state index in [-0.39, 0.29) is 0 Å². The first kappa shape index (κ1) is 11.0. The van der Waals surface area contributed by atoms with Gasteiger partial charge in [0.05, 0.1) is 12.1 Å². The molecule has 2 atom stereocenters. The Hall–Kier alpha value is -1.06. The van der Waals surface area contributed by atoms with Crippen LogP contribution in [0, 0.1) is 13.8 Å². The third-order valence-electron chi connectivity index (χ3n) is 2.44. The maximum absolute atomic E-state index is 9.40. The minimum atomic E-state index is -0.585. The van der Waals surface area contributed by atoms with Gasteiger partial charge in [-0.1, -0.05) is 17.7 Å². The van der Waals surface area contributed by atoms with Crippen LogP contribution < -0.4 is 11.5 Å². The van der Waals surface area contributed by atoms with Gasteiger partial charge >= 0.3 is 0 Å². The monoisotopic (exact) mass is 194 g/mol. The molecule has 0 spiro atoms. The lowest BCUT2D eigenvalue weighted by Crippen LogP contribution is -2.24. The van der Waals surface area contributed by atoms with Crippen molar-refractivity contribution in [3.05, 3.63) is 28.8 Å². The van der Waals surface area contributed by atoms with Crippen molar-refractivity contribution in [2.45, 2.75) is 32.9 Å². The van der Waals surface area contributed by atoms with E-state index in [9.17, 15) is 5.11 Å². The van der Waals surface area contributed by atoms with Crippen LogP contribution in [0.2, 0.25) is 0 Å². The van der Waals surface area contributed by atoms with Crippen LogP contribution in [-0.2, 0) is 0 Å². The van der Waals surface area contributed by atoms with Crippen LogP contribution in [0.4, 0.5) is 5.69 Å². The summed E-state index contributed by atoms with van der Waals surface area (Å²) in [7, 11) is 0. The summed E-state index contributed by atoms with van der Waals surface area (Å²) >= 11 is 0. The first-order valence-electron chi connectivity index (χ1n) is 4.73. The summed E-state index contributed by atoms with van der Waals surface area (Å²) in [5.74, 6) is 0. The molecule has 0 radical (unpaired) electrons. The van der Waals surface area contributed by atoms with Crippen molar-refractivity contribution in [1.29, 1.82) is 0 Å². The van der Waals surface area contributed by atoms with Gasteiger partial charge in [0.25, 0.3) is 0 Å². The van der Waals surface area contributed by atoms with Crippen molar-refractivity contribution in [2.75, 3.05) is 5.73 Å². The van der Waals surface area contributed by atoms with E-state index in [0.717, 1.165) is 16.7 Å². The second-order valence-corrected chi connectivity index (χ2v) is 3.85. The van der Waals surface area contributed by atoms with Gasteiger partial charge in [0, 0.05) is 5.69 Å². The van der Waals surface area contributed by atoms with E-state index < -0.39 is 12.1 Å². The zero-order valence-electron chi connectivity index (χ0n) is 8.91. The molecule has 0 fully saturated rings. The SMILES string of the molecule is Cc1cc(C)c(N)c([C@H](N)[C@@H](C)O)c1. The van der Waals surface area contributed by atoms with Crippen molar-refractivity contribution in [1.82, 2.24) is 0 Å². The predicted octanol–water partition coefficient (Wildman–Crippen LogP) is 1.27. The molecule has 0 bridgehead atoms. The molecule has 0 amide bonds. The lowest BCUT2D eigenvalue weighted by atomic mass is 9.96. The van der Waals surface area contributed by atoms with Gasteiger partial charge in [0.1, 0.15) is 0 Å². The molecule has 3 heteroatoms. The van der Waals surface area contributed by atoms with Crippen LogP contribution in [-0.4, -0.2) is 11.2 Å². The Bertz CT molecular complexity index is 334. The molecule has 0 aliphatic carbocycles. The summed E-state index contributed by atoms with van der Waals surface area (Å²) in [4.78, 5) is 0. The highest BCUT2D eigenvalue weighted by molar-refractivity contribution is 5.56. The largest absolute Gasteiger partial charge is 0.398 e. The molecular weight excluding hydrogens is 176 g/mol. The number of aliphatic hydroxyl groups is 1. The molecule has 0 unspecified atom stereocenters. The first-order chi connectivity index (χ1) is 6.43. The number of aliphatic hydroxyl groups excluding tert-OH is 1. The number of rotatable bonds is 2. The van der Waals surface area contributed by atoms with E-state index in [0.29, 0.717) is 5.69 Å². The summed E-state index contributed by atoms with van der Waals surface area (Å²) in [6.07, 6.45) is -0.585. The van der Waals surface area contributed by atoms with Crippen LogP contribution in [0.1, 0.15) is 29.7 Å². The fourth-order valence-corrected chi connectivity index (χ4v) is 1.55. The van der Waals surface area contributed by atoms with Gasteiger partial charge < -0.3 is 16.6 Å². The number of hydrogen-bond acceptors (Lipinski definition) is 3. The van der Waals surface area contributed by atoms with Crippen molar-refractivity contribution >= 4 is 5.69 Å². The van der Waals surface area contributed by atoms with Gasteiger partial charge in [0.15, 0.2) is 0 Å². The normalized spacial score (nSPS) is 15.2. The number of anilines is 1. The summed E-state index contributed by atoms with van der Waals surface area (Å²) in [5.41, 5.74) is 15.4. The van der Waals surface area contributed by atoms with Gasteiger partial charge in [-0.2, -0.15) is 0 Å². The smallest absolute Gasteiger partial charge is 0.0705 e. The van der Waals surface area contributed by atoms with Crippen LogP contribution >= 0.6 is 0 Å². The summed E-state index contributed by atoms with van der Waals surface area (Å²) in [6.45, 7) is 5.60. The predicted molar refractivity (Wildman–Crippen MR) is 58.9 cm³/mol. The Labute approximate surface area is 84.7 Å². The second kappa shape index (κ2) is 3.98. The molecule has 0 aliphatic heterocycles. The number of nitrogen functional groups attached to an aromatic ring is 1. The minimum absolute atomic E-state index is 0.409. The number of hydrogen-bond donors (Lipinski definition) is 3. The standard InChI is InChI=1S/C11H18N2O/c1-6-4-7(2)10(12)9(5-6)11(13)8(3)14/h4-5,8,11,14H,12-13H2,1-3H3/t8-,11-/m1/s1. The molecule has 3 nitrogen and oxygen atoms in total. The van der Waals surface area contributed by atoms with Crippen LogP contribution in [0.25, 0.3) is 0 Å². The average molecular weight is 194 g/mol. The lowest BCUT2D eigenvalue weighted by Gasteiger charge is -2.19. The minimum Gasteiger partial charge on any atom is -0.398 e. The van der Waals surface area contributed by atoms with Gasteiger partial charge in [-0.05, 0) is 31.9 Å². The zero-order chi connectivity index (χ0) is 10.9. The zero-order valence-corrected chi connectivity index (χ0v) is 8.91. The fourth-order valence-electron chi connectivity index (χ4n) is 1.55. The van der Waals surface area contributed by atoms with Gasteiger partial charge in [-0.15, -0.1) is 0 Å². The topological polar surface area (TPSA) is 72.3 Å². The Morgan fingerprint density at radius 3 is 2.36 bits per heavy atom. The maximum atomic E-state index is 9.40. The quantitative estimate of drug-likeness (QED) is 0.621. The van der Waals surface area contributed by atoms with Gasteiger partial charge in [-0.25, -0.2) is 0 Å². The van der Waals surface area contributed by atoms with E-state index in [1.807, 2.05) is 26.0 Å². The van der Waals surface area contributed by atoms with E-state index in [4.69, 9.17) is 11.5 Å².